The predicted molar refractivity (Wildman–Crippen MR) is 95.1 cm³/mol. The van der Waals surface area contributed by atoms with Crippen LogP contribution in [0.4, 0.5) is 0 Å². The molecule has 0 radical (unpaired) electrons. The lowest BCUT2D eigenvalue weighted by Gasteiger charge is -2.39. The average Bonchev–Trinajstić information content (AvgIpc) is 2.48. The van der Waals surface area contributed by atoms with E-state index in [1.165, 1.54) is 101 Å². The number of quaternary nitrogens is 1. The lowest BCUT2D eigenvalue weighted by atomic mass is 10.1. The van der Waals surface area contributed by atoms with Gasteiger partial charge in [0.15, 0.2) is 0 Å². The monoisotopic (exact) mass is 301 g/mol. The van der Waals surface area contributed by atoms with Gasteiger partial charge in [0.1, 0.15) is 0 Å². The first-order chi connectivity index (χ1) is 9.74. The maximum Gasteiger partial charge on any atom is 0.0786 e. The molecule has 0 bridgehead atoms. The van der Waals surface area contributed by atoms with Crippen molar-refractivity contribution in [1.82, 2.24) is 0 Å². The minimum Gasteiger partial charge on any atom is -0.870 e. The van der Waals surface area contributed by atoms with Crippen LogP contribution in [-0.4, -0.2) is 36.1 Å². The van der Waals surface area contributed by atoms with Crippen LogP contribution in [0.2, 0.25) is 0 Å². The summed E-state index contributed by atoms with van der Waals surface area (Å²) >= 11 is 0. The second-order valence-corrected chi connectivity index (χ2v) is 6.71. The normalized spacial score (nSPS) is 11.4. The van der Waals surface area contributed by atoms with Crippen LogP contribution in [0.1, 0.15) is 98.3 Å². The first-order valence-electron chi connectivity index (χ1n) is 9.59. The number of hydrogen-bond donors (Lipinski definition) is 0. The zero-order valence-corrected chi connectivity index (χ0v) is 15.5. The van der Waals surface area contributed by atoms with E-state index in [9.17, 15) is 0 Å². The Labute approximate surface area is 135 Å². The number of hydrogen-bond acceptors (Lipinski definition) is 1. The van der Waals surface area contributed by atoms with E-state index in [0.717, 1.165) is 0 Å². The lowest BCUT2D eigenvalue weighted by molar-refractivity contribution is -0.929. The number of nitrogens with zero attached hydrogens (tertiary/aromatic N) is 1. The van der Waals surface area contributed by atoms with E-state index in [0.29, 0.717) is 0 Å². The highest BCUT2D eigenvalue weighted by Gasteiger charge is 2.24. The molecule has 0 aliphatic heterocycles. The van der Waals surface area contributed by atoms with Crippen molar-refractivity contribution in [3.05, 3.63) is 0 Å². The molecule has 0 aromatic heterocycles. The fraction of sp³-hybridized carbons (Fsp3) is 1.00. The molecule has 0 heterocycles. The Morgan fingerprint density at radius 3 is 1.14 bits per heavy atom. The summed E-state index contributed by atoms with van der Waals surface area (Å²) in [6.07, 6.45) is 15.5. The molecule has 0 aromatic rings. The standard InChI is InChI=1S/C19H42N.H2O/c1-5-9-13-14-15-19-20(16-10-6-2,17-11-7-3)18-12-8-4;/h5-19H2,1-4H3;1H2/q+1;/p-1. The Hall–Kier alpha value is -0.0800. The van der Waals surface area contributed by atoms with Gasteiger partial charge in [0.05, 0.1) is 26.2 Å². The van der Waals surface area contributed by atoms with E-state index in [1.807, 2.05) is 0 Å². The molecule has 0 atom stereocenters. The summed E-state index contributed by atoms with van der Waals surface area (Å²) in [6.45, 7) is 15.1. The minimum absolute atomic E-state index is 0. The van der Waals surface area contributed by atoms with Crippen LogP contribution in [0.3, 0.4) is 0 Å². The fourth-order valence-corrected chi connectivity index (χ4v) is 3.20. The van der Waals surface area contributed by atoms with Crippen LogP contribution >= 0.6 is 0 Å². The van der Waals surface area contributed by atoms with Gasteiger partial charge >= 0.3 is 0 Å². The Balaban J connectivity index is 0. The second-order valence-electron chi connectivity index (χ2n) is 6.71. The Morgan fingerprint density at radius 2 is 0.762 bits per heavy atom. The number of unbranched alkanes of at least 4 members (excludes halogenated alkanes) is 7. The van der Waals surface area contributed by atoms with Gasteiger partial charge in [-0.2, -0.15) is 0 Å². The van der Waals surface area contributed by atoms with Crippen molar-refractivity contribution in [2.24, 2.45) is 0 Å². The zero-order valence-electron chi connectivity index (χ0n) is 15.5. The van der Waals surface area contributed by atoms with E-state index < -0.39 is 0 Å². The molecule has 0 aliphatic carbocycles. The van der Waals surface area contributed by atoms with Gasteiger partial charge in [0, 0.05) is 0 Å². The third-order valence-electron chi connectivity index (χ3n) is 4.69. The van der Waals surface area contributed by atoms with Crippen LogP contribution < -0.4 is 0 Å². The van der Waals surface area contributed by atoms with Gasteiger partial charge < -0.3 is 9.96 Å². The van der Waals surface area contributed by atoms with Gasteiger partial charge in [0.2, 0.25) is 0 Å². The Bertz CT molecular complexity index is 172. The molecule has 0 aliphatic rings. The summed E-state index contributed by atoms with van der Waals surface area (Å²) in [5.74, 6) is 0. The summed E-state index contributed by atoms with van der Waals surface area (Å²) in [7, 11) is 0. The molecule has 0 fully saturated rings. The lowest BCUT2D eigenvalue weighted by Crippen LogP contribution is -2.50. The molecule has 0 rings (SSSR count). The maximum absolute atomic E-state index is 2.34. The van der Waals surface area contributed by atoms with Crippen LogP contribution in [0.15, 0.2) is 0 Å². The van der Waals surface area contributed by atoms with E-state index in [-0.39, 0.29) is 5.48 Å². The highest BCUT2D eigenvalue weighted by atomic mass is 16.0. The van der Waals surface area contributed by atoms with Crippen molar-refractivity contribution < 1.29 is 9.96 Å². The van der Waals surface area contributed by atoms with E-state index in [1.54, 1.807) is 0 Å². The molecule has 0 aromatic carbocycles. The molecule has 0 amide bonds. The predicted octanol–water partition coefficient (Wildman–Crippen LogP) is 6.00. The SMILES string of the molecule is CCCCCCC[N+](CCCC)(CCCC)CCCC.[OH-]. The molecule has 2 heteroatoms. The zero-order chi connectivity index (χ0) is 15.1. The molecule has 2 nitrogen and oxygen atoms in total. The fourth-order valence-electron chi connectivity index (χ4n) is 3.20. The van der Waals surface area contributed by atoms with Crippen LogP contribution in [0.5, 0.6) is 0 Å². The van der Waals surface area contributed by atoms with Gasteiger partial charge in [-0.05, 0) is 32.1 Å². The quantitative estimate of drug-likeness (QED) is 0.269. The topological polar surface area (TPSA) is 30.0 Å². The van der Waals surface area contributed by atoms with Crippen LogP contribution in [-0.2, 0) is 0 Å². The van der Waals surface area contributed by atoms with Crippen LogP contribution in [0, 0.1) is 0 Å². The smallest absolute Gasteiger partial charge is 0.0786 e. The maximum atomic E-state index is 2.34. The van der Waals surface area contributed by atoms with Gasteiger partial charge in [-0.25, -0.2) is 0 Å². The largest absolute Gasteiger partial charge is 0.870 e. The van der Waals surface area contributed by atoms with Crippen molar-refractivity contribution >= 4 is 0 Å². The molecular formula is C19H43NO. The van der Waals surface area contributed by atoms with E-state index in [2.05, 4.69) is 27.7 Å². The van der Waals surface area contributed by atoms with Gasteiger partial charge in [0.25, 0.3) is 0 Å². The van der Waals surface area contributed by atoms with E-state index in [4.69, 9.17) is 0 Å². The van der Waals surface area contributed by atoms with Crippen LogP contribution in [0.25, 0.3) is 0 Å². The summed E-state index contributed by atoms with van der Waals surface area (Å²) in [5, 5.41) is 0. The molecule has 130 valence electrons. The highest BCUT2D eigenvalue weighted by molar-refractivity contribution is 4.51. The summed E-state index contributed by atoms with van der Waals surface area (Å²) in [4.78, 5) is 0. The molecule has 0 saturated heterocycles. The second kappa shape index (κ2) is 16.3. The molecular weight excluding hydrogens is 258 g/mol. The number of rotatable bonds is 15. The van der Waals surface area contributed by atoms with Gasteiger partial charge in [-0.3, -0.25) is 0 Å². The molecule has 0 spiro atoms. The average molecular weight is 302 g/mol. The third-order valence-corrected chi connectivity index (χ3v) is 4.69. The van der Waals surface area contributed by atoms with Gasteiger partial charge in [-0.1, -0.05) is 66.2 Å². The summed E-state index contributed by atoms with van der Waals surface area (Å²) < 4.78 is 1.43. The highest BCUT2D eigenvalue weighted by Crippen LogP contribution is 2.17. The van der Waals surface area contributed by atoms with Crippen molar-refractivity contribution in [2.45, 2.75) is 98.3 Å². The third kappa shape index (κ3) is 12.2. The first-order valence-corrected chi connectivity index (χ1v) is 9.59. The van der Waals surface area contributed by atoms with Gasteiger partial charge in [-0.15, -0.1) is 0 Å². The van der Waals surface area contributed by atoms with Crippen molar-refractivity contribution in [3.63, 3.8) is 0 Å². The summed E-state index contributed by atoms with van der Waals surface area (Å²) in [5.41, 5.74) is 0. The first kappa shape index (κ1) is 23.2. The van der Waals surface area contributed by atoms with E-state index >= 15 is 0 Å². The summed E-state index contributed by atoms with van der Waals surface area (Å²) in [6, 6.07) is 0. The van der Waals surface area contributed by atoms with Crippen molar-refractivity contribution in [2.75, 3.05) is 26.2 Å². The Morgan fingerprint density at radius 1 is 0.429 bits per heavy atom. The molecule has 21 heavy (non-hydrogen) atoms. The van der Waals surface area contributed by atoms with Crippen molar-refractivity contribution in [1.29, 1.82) is 0 Å². The molecule has 0 unspecified atom stereocenters. The molecule has 0 saturated carbocycles. The minimum atomic E-state index is 0. The molecule has 1 N–H and O–H groups in total. The van der Waals surface area contributed by atoms with Crippen molar-refractivity contribution in [3.8, 4) is 0 Å². The Kier molecular flexibility index (Phi) is 18.0.